The first kappa shape index (κ1) is 16.7. The number of imidazole rings is 1. The number of nitrogens with zero attached hydrogens (tertiary/aromatic N) is 5. The highest BCUT2D eigenvalue weighted by Crippen LogP contribution is 2.49. The van der Waals surface area contributed by atoms with E-state index in [9.17, 15) is 0 Å². The summed E-state index contributed by atoms with van der Waals surface area (Å²) in [5, 5.41) is 15.1. The Morgan fingerprint density at radius 3 is 2.96 bits per heavy atom. The van der Waals surface area contributed by atoms with Gasteiger partial charge in [-0.3, -0.25) is 4.68 Å². The van der Waals surface area contributed by atoms with Gasteiger partial charge in [0.05, 0.1) is 17.4 Å². The van der Waals surface area contributed by atoms with Crippen LogP contribution < -0.4 is 5.32 Å². The van der Waals surface area contributed by atoms with Crippen LogP contribution >= 0.6 is 11.3 Å². The number of fused-ring (bicyclic) bond motifs is 2. The van der Waals surface area contributed by atoms with Crippen LogP contribution in [-0.2, 0) is 7.05 Å². The second-order valence-corrected chi connectivity index (χ2v) is 9.66. The Balaban J connectivity index is 1.32. The van der Waals surface area contributed by atoms with Gasteiger partial charge < -0.3 is 5.32 Å². The molecule has 1 spiro atoms. The van der Waals surface area contributed by atoms with Crippen molar-refractivity contribution in [2.75, 3.05) is 13.1 Å². The molecule has 3 aromatic heterocycles. The fourth-order valence-electron chi connectivity index (χ4n) is 5.23. The molecule has 28 heavy (non-hydrogen) atoms. The van der Waals surface area contributed by atoms with Gasteiger partial charge in [0.2, 0.25) is 4.96 Å². The molecule has 1 aliphatic carbocycles. The SMILES string of the molecule is Cc1cc(-c2nn3cc([C@@H]4CC[C@]5(CCNC5)C4)nc3s2)cc2cn(C)nc12. The molecule has 1 N–H and O–H groups in total. The maximum absolute atomic E-state index is 4.97. The van der Waals surface area contributed by atoms with Crippen molar-refractivity contribution in [3.63, 3.8) is 0 Å². The first-order valence-corrected chi connectivity index (χ1v) is 10.9. The van der Waals surface area contributed by atoms with Gasteiger partial charge in [0.15, 0.2) is 0 Å². The average Bonchev–Trinajstić information content (AvgIpc) is 3.44. The van der Waals surface area contributed by atoms with E-state index >= 15 is 0 Å². The smallest absolute Gasteiger partial charge is 0.212 e. The molecule has 6 rings (SSSR count). The molecule has 7 heteroatoms. The molecule has 2 atom stereocenters. The third-order valence-corrected chi connectivity index (χ3v) is 7.65. The maximum atomic E-state index is 4.97. The lowest BCUT2D eigenvalue weighted by atomic mass is 9.84. The van der Waals surface area contributed by atoms with Crippen LogP contribution in [-0.4, -0.2) is 37.5 Å². The van der Waals surface area contributed by atoms with Crippen molar-refractivity contribution in [2.24, 2.45) is 12.5 Å². The fraction of sp³-hybridized carbons (Fsp3) is 0.476. The Morgan fingerprint density at radius 1 is 1.21 bits per heavy atom. The zero-order valence-corrected chi connectivity index (χ0v) is 17.1. The predicted octanol–water partition coefficient (Wildman–Crippen LogP) is 3.90. The summed E-state index contributed by atoms with van der Waals surface area (Å²) in [6.07, 6.45) is 9.42. The average molecular weight is 393 g/mol. The molecule has 1 aliphatic heterocycles. The minimum atomic E-state index is 0.525. The molecule has 4 aromatic rings. The van der Waals surface area contributed by atoms with E-state index in [1.54, 1.807) is 11.3 Å². The van der Waals surface area contributed by atoms with Crippen LogP contribution in [0.3, 0.4) is 0 Å². The maximum Gasteiger partial charge on any atom is 0.212 e. The van der Waals surface area contributed by atoms with Crippen molar-refractivity contribution in [2.45, 2.75) is 38.5 Å². The van der Waals surface area contributed by atoms with E-state index in [0.717, 1.165) is 26.4 Å². The molecule has 1 aromatic carbocycles. The number of aryl methyl sites for hydroxylation is 2. The molecule has 6 nitrogen and oxygen atoms in total. The summed E-state index contributed by atoms with van der Waals surface area (Å²) in [5.41, 5.74) is 5.14. The van der Waals surface area contributed by atoms with Crippen molar-refractivity contribution in [1.82, 2.24) is 29.7 Å². The van der Waals surface area contributed by atoms with Gasteiger partial charge in [-0.15, -0.1) is 0 Å². The summed E-state index contributed by atoms with van der Waals surface area (Å²) in [4.78, 5) is 5.97. The van der Waals surface area contributed by atoms with Crippen LogP contribution in [0.1, 0.15) is 42.9 Å². The lowest BCUT2D eigenvalue weighted by Crippen LogP contribution is -2.20. The molecule has 4 heterocycles. The third-order valence-electron chi connectivity index (χ3n) is 6.68. The second-order valence-electron chi connectivity index (χ2n) is 8.70. The first-order valence-electron chi connectivity index (χ1n) is 10.1. The standard InChI is InChI=1S/C21H24N6S/c1-13-7-15(8-16-10-26(2)24-18(13)16)19-25-27-11-17(23-20(27)28-19)14-3-4-21(9-14)5-6-22-12-21/h7-8,10-11,14,22H,3-6,9,12H2,1-2H3/t14-,21+/m1/s1. The van der Waals surface area contributed by atoms with Gasteiger partial charge in [-0.05, 0) is 62.3 Å². The Hall–Kier alpha value is -2.25. The summed E-state index contributed by atoms with van der Waals surface area (Å²) in [6.45, 7) is 4.48. The Bertz CT molecular complexity index is 1160. The van der Waals surface area contributed by atoms with E-state index in [1.807, 2.05) is 16.2 Å². The van der Waals surface area contributed by atoms with Gasteiger partial charge in [-0.1, -0.05) is 11.3 Å². The molecular formula is C21H24N6S. The van der Waals surface area contributed by atoms with E-state index in [0.29, 0.717) is 11.3 Å². The Labute approximate surface area is 167 Å². The highest BCUT2D eigenvalue weighted by molar-refractivity contribution is 7.19. The minimum absolute atomic E-state index is 0.525. The normalized spacial score (nSPS) is 25.0. The van der Waals surface area contributed by atoms with Gasteiger partial charge in [-0.2, -0.15) is 10.2 Å². The number of aromatic nitrogens is 5. The zero-order valence-electron chi connectivity index (χ0n) is 16.3. The Morgan fingerprint density at radius 2 is 2.14 bits per heavy atom. The molecule has 0 unspecified atom stereocenters. The van der Waals surface area contributed by atoms with Crippen molar-refractivity contribution in [3.05, 3.63) is 35.8 Å². The zero-order chi connectivity index (χ0) is 18.9. The molecular weight excluding hydrogens is 368 g/mol. The van der Waals surface area contributed by atoms with Crippen LogP contribution in [0, 0.1) is 12.3 Å². The number of hydrogen-bond acceptors (Lipinski definition) is 5. The summed E-state index contributed by atoms with van der Waals surface area (Å²) in [7, 11) is 1.97. The van der Waals surface area contributed by atoms with Crippen LogP contribution in [0.15, 0.2) is 24.5 Å². The van der Waals surface area contributed by atoms with Crippen LogP contribution in [0.4, 0.5) is 0 Å². The predicted molar refractivity (Wildman–Crippen MR) is 112 cm³/mol. The molecule has 2 fully saturated rings. The minimum Gasteiger partial charge on any atom is -0.316 e. The van der Waals surface area contributed by atoms with Crippen molar-refractivity contribution in [3.8, 4) is 10.6 Å². The molecule has 0 bridgehead atoms. The van der Waals surface area contributed by atoms with Crippen LogP contribution in [0.25, 0.3) is 26.4 Å². The lowest BCUT2D eigenvalue weighted by Gasteiger charge is -2.21. The summed E-state index contributed by atoms with van der Waals surface area (Å²) in [6, 6.07) is 4.37. The van der Waals surface area contributed by atoms with E-state index < -0.39 is 0 Å². The molecule has 0 amide bonds. The van der Waals surface area contributed by atoms with Crippen LogP contribution in [0.5, 0.6) is 0 Å². The van der Waals surface area contributed by atoms with Crippen LogP contribution in [0.2, 0.25) is 0 Å². The lowest BCUT2D eigenvalue weighted by molar-refractivity contribution is 0.331. The number of benzene rings is 1. The summed E-state index contributed by atoms with van der Waals surface area (Å²) < 4.78 is 3.85. The fourth-order valence-corrected chi connectivity index (χ4v) is 6.10. The van der Waals surface area contributed by atoms with E-state index in [4.69, 9.17) is 10.1 Å². The van der Waals surface area contributed by atoms with E-state index in [2.05, 4.69) is 41.9 Å². The molecule has 2 aliphatic rings. The number of nitrogens with one attached hydrogen (secondary N) is 1. The number of rotatable bonds is 2. The third kappa shape index (κ3) is 2.53. The van der Waals surface area contributed by atoms with E-state index in [-0.39, 0.29) is 0 Å². The molecule has 0 radical (unpaired) electrons. The largest absolute Gasteiger partial charge is 0.316 e. The van der Waals surface area contributed by atoms with Gasteiger partial charge >= 0.3 is 0 Å². The second kappa shape index (κ2) is 5.87. The van der Waals surface area contributed by atoms with Gasteiger partial charge in [0.1, 0.15) is 5.01 Å². The summed E-state index contributed by atoms with van der Waals surface area (Å²) >= 11 is 1.68. The Kier molecular flexibility index (Phi) is 3.50. The summed E-state index contributed by atoms with van der Waals surface area (Å²) in [5.74, 6) is 0.589. The van der Waals surface area contributed by atoms with Gasteiger partial charge in [0, 0.05) is 36.7 Å². The number of hydrogen-bond donors (Lipinski definition) is 1. The molecule has 1 saturated carbocycles. The van der Waals surface area contributed by atoms with Gasteiger partial charge in [0.25, 0.3) is 0 Å². The van der Waals surface area contributed by atoms with Crippen molar-refractivity contribution in [1.29, 1.82) is 0 Å². The quantitative estimate of drug-likeness (QED) is 0.562. The van der Waals surface area contributed by atoms with Gasteiger partial charge in [-0.25, -0.2) is 9.50 Å². The van der Waals surface area contributed by atoms with Crippen molar-refractivity contribution >= 4 is 27.2 Å². The highest BCUT2D eigenvalue weighted by atomic mass is 32.1. The monoisotopic (exact) mass is 392 g/mol. The van der Waals surface area contributed by atoms with E-state index in [1.165, 1.54) is 50.0 Å². The highest BCUT2D eigenvalue weighted by Gasteiger charge is 2.42. The topological polar surface area (TPSA) is 60.0 Å². The molecule has 144 valence electrons. The molecule has 1 saturated heterocycles. The first-order chi connectivity index (χ1) is 13.6. The van der Waals surface area contributed by atoms with Crippen molar-refractivity contribution < 1.29 is 0 Å².